The molecular formula is C18H16F2N4. The summed E-state index contributed by atoms with van der Waals surface area (Å²) in [6.07, 6.45) is 1.38. The normalized spacial score (nSPS) is 10.5. The predicted molar refractivity (Wildman–Crippen MR) is 90.2 cm³/mol. The highest BCUT2D eigenvalue weighted by atomic mass is 19.1. The number of halogens is 2. The number of nitrogens with one attached hydrogen (secondary N) is 2. The second-order valence-electron chi connectivity index (χ2n) is 5.38. The number of anilines is 3. The number of nitrogens with zero attached hydrogens (tertiary/aromatic N) is 2. The molecular weight excluding hydrogens is 310 g/mol. The Morgan fingerprint density at radius 3 is 2.42 bits per heavy atom. The lowest BCUT2D eigenvalue weighted by atomic mass is 10.1. The lowest BCUT2D eigenvalue weighted by Gasteiger charge is -2.09. The van der Waals surface area contributed by atoms with Crippen LogP contribution in [0, 0.1) is 18.6 Å². The Morgan fingerprint density at radius 1 is 0.917 bits per heavy atom. The molecule has 1 heterocycles. The molecule has 122 valence electrons. The fourth-order valence-corrected chi connectivity index (χ4v) is 2.15. The van der Waals surface area contributed by atoms with Crippen LogP contribution in [0.1, 0.15) is 11.1 Å². The largest absolute Gasteiger partial charge is 0.366 e. The first-order valence-electron chi connectivity index (χ1n) is 7.44. The van der Waals surface area contributed by atoms with E-state index >= 15 is 0 Å². The van der Waals surface area contributed by atoms with Crippen molar-refractivity contribution >= 4 is 17.3 Å². The van der Waals surface area contributed by atoms with Crippen LogP contribution in [0.15, 0.2) is 54.9 Å². The van der Waals surface area contributed by atoms with Crippen molar-refractivity contribution in [2.75, 3.05) is 10.6 Å². The number of hydrogen-bond donors (Lipinski definition) is 2. The van der Waals surface area contributed by atoms with Gasteiger partial charge in [-0.05, 0) is 24.6 Å². The van der Waals surface area contributed by atoms with E-state index < -0.39 is 11.6 Å². The molecule has 4 nitrogen and oxygen atoms in total. The quantitative estimate of drug-likeness (QED) is 0.729. The van der Waals surface area contributed by atoms with Gasteiger partial charge in [-0.2, -0.15) is 0 Å². The number of aryl methyl sites for hydroxylation is 1. The monoisotopic (exact) mass is 326 g/mol. The maximum absolute atomic E-state index is 13.7. The van der Waals surface area contributed by atoms with Gasteiger partial charge in [0.05, 0.1) is 5.69 Å². The van der Waals surface area contributed by atoms with E-state index in [0.717, 1.165) is 11.6 Å². The molecule has 0 spiro atoms. The van der Waals surface area contributed by atoms with E-state index in [0.29, 0.717) is 18.2 Å². The third kappa shape index (κ3) is 4.04. The molecule has 0 atom stereocenters. The highest BCUT2D eigenvalue weighted by molar-refractivity contribution is 5.59. The molecule has 0 aliphatic heterocycles. The summed E-state index contributed by atoms with van der Waals surface area (Å²) < 4.78 is 26.6. The Kier molecular flexibility index (Phi) is 4.65. The van der Waals surface area contributed by atoms with E-state index in [4.69, 9.17) is 0 Å². The minimum Gasteiger partial charge on any atom is -0.366 e. The summed E-state index contributed by atoms with van der Waals surface area (Å²) in [6.45, 7) is 2.65. The summed E-state index contributed by atoms with van der Waals surface area (Å²) >= 11 is 0. The third-order valence-corrected chi connectivity index (χ3v) is 3.46. The van der Waals surface area contributed by atoms with Gasteiger partial charge >= 0.3 is 0 Å². The maximum Gasteiger partial charge on any atom is 0.149 e. The molecule has 0 aliphatic carbocycles. The van der Waals surface area contributed by atoms with Crippen molar-refractivity contribution in [2.24, 2.45) is 0 Å². The molecule has 3 aromatic rings. The van der Waals surface area contributed by atoms with Gasteiger partial charge in [0.1, 0.15) is 29.6 Å². The maximum atomic E-state index is 13.7. The first kappa shape index (κ1) is 15.9. The van der Waals surface area contributed by atoms with Crippen LogP contribution in [0.25, 0.3) is 0 Å². The summed E-state index contributed by atoms with van der Waals surface area (Å²) in [5, 5.41) is 6.00. The molecule has 0 unspecified atom stereocenters. The lowest BCUT2D eigenvalue weighted by Crippen LogP contribution is -2.03. The highest BCUT2D eigenvalue weighted by Crippen LogP contribution is 2.20. The molecule has 0 bridgehead atoms. The van der Waals surface area contributed by atoms with E-state index in [2.05, 4.69) is 20.6 Å². The highest BCUT2D eigenvalue weighted by Gasteiger charge is 2.06. The number of hydrogen-bond acceptors (Lipinski definition) is 4. The first-order valence-corrected chi connectivity index (χ1v) is 7.44. The Balaban J connectivity index is 1.68. The van der Waals surface area contributed by atoms with Crippen molar-refractivity contribution in [2.45, 2.75) is 13.5 Å². The van der Waals surface area contributed by atoms with Gasteiger partial charge in [0.25, 0.3) is 0 Å². The predicted octanol–water partition coefficient (Wildman–Crippen LogP) is 4.42. The van der Waals surface area contributed by atoms with E-state index in [1.165, 1.54) is 24.0 Å². The molecule has 0 fully saturated rings. The van der Waals surface area contributed by atoms with Crippen LogP contribution in [-0.2, 0) is 6.54 Å². The smallest absolute Gasteiger partial charge is 0.149 e. The number of benzene rings is 2. The van der Waals surface area contributed by atoms with Crippen LogP contribution in [-0.4, -0.2) is 9.97 Å². The van der Waals surface area contributed by atoms with Crippen LogP contribution in [0.4, 0.5) is 26.1 Å². The van der Waals surface area contributed by atoms with E-state index in [1.807, 2.05) is 31.2 Å². The molecule has 2 aromatic carbocycles. The number of rotatable bonds is 5. The topological polar surface area (TPSA) is 49.8 Å². The van der Waals surface area contributed by atoms with Crippen molar-refractivity contribution in [3.63, 3.8) is 0 Å². The Morgan fingerprint density at radius 2 is 1.67 bits per heavy atom. The fraction of sp³-hybridized carbons (Fsp3) is 0.111. The third-order valence-electron chi connectivity index (χ3n) is 3.46. The molecule has 0 amide bonds. The van der Waals surface area contributed by atoms with Crippen molar-refractivity contribution < 1.29 is 8.78 Å². The van der Waals surface area contributed by atoms with Gasteiger partial charge in [-0.3, -0.25) is 0 Å². The van der Waals surface area contributed by atoms with Crippen molar-refractivity contribution in [3.05, 3.63) is 77.6 Å². The summed E-state index contributed by atoms with van der Waals surface area (Å²) in [5.74, 6) is -0.276. The summed E-state index contributed by atoms with van der Waals surface area (Å²) in [4.78, 5) is 8.18. The van der Waals surface area contributed by atoms with Crippen LogP contribution in [0.3, 0.4) is 0 Å². The van der Waals surface area contributed by atoms with Gasteiger partial charge in [0.2, 0.25) is 0 Å². The second kappa shape index (κ2) is 7.04. The zero-order chi connectivity index (χ0) is 16.9. The molecule has 0 saturated heterocycles. The second-order valence-corrected chi connectivity index (χ2v) is 5.38. The summed E-state index contributed by atoms with van der Waals surface area (Å²) in [5.41, 5.74) is 2.48. The van der Waals surface area contributed by atoms with Gasteiger partial charge in [0, 0.05) is 18.7 Å². The van der Waals surface area contributed by atoms with Gasteiger partial charge in [-0.15, -0.1) is 0 Å². The lowest BCUT2D eigenvalue weighted by molar-refractivity contribution is 0.586. The average Bonchev–Trinajstić information content (AvgIpc) is 2.57. The van der Waals surface area contributed by atoms with Crippen LogP contribution in [0.5, 0.6) is 0 Å². The molecule has 0 saturated carbocycles. The molecule has 2 N–H and O–H groups in total. The summed E-state index contributed by atoms with van der Waals surface area (Å²) in [7, 11) is 0. The SMILES string of the molecule is Cc1ccc(CNc2cc(Nc3ccc(F)cc3F)ncn2)cc1. The zero-order valence-electron chi connectivity index (χ0n) is 13.1. The van der Waals surface area contributed by atoms with Gasteiger partial charge in [0.15, 0.2) is 0 Å². The van der Waals surface area contributed by atoms with Crippen molar-refractivity contribution in [1.29, 1.82) is 0 Å². The molecule has 6 heteroatoms. The Bertz CT molecular complexity index is 835. The zero-order valence-corrected chi connectivity index (χ0v) is 13.1. The molecule has 3 rings (SSSR count). The Labute approximate surface area is 138 Å². The van der Waals surface area contributed by atoms with Gasteiger partial charge < -0.3 is 10.6 Å². The van der Waals surface area contributed by atoms with Crippen molar-refractivity contribution in [1.82, 2.24) is 9.97 Å². The summed E-state index contributed by atoms with van der Waals surface area (Å²) in [6, 6.07) is 13.2. The first-order chi connectivity index (χ1) is 11.6. The molecule has 1 aromatic heterocycles. The van der Waals surface area contributed by atoms with E-state index in [-0.39, 0.29) is 5.69 Å². The molecule has 24 heavy (non-hydrogen) atoms. The van der Waals surface area contributed by atoms with Gasteiger partial charge in [-0.25, -0.2) is 18.7 Å². The fourth-order valence-electron chi connectivity index (χ4n) is 2.15. The van der Waals surface area contributed by atoms with Gasteiger partial charge in [-0.1, -0.05) is 29.8 Å². The van der Waals surface area contributed by atoms with E-state index in [1.54, 1.807) is 6.07 Å². The van der Waals surface area contributed by atoms with E-state index in [9.17, 15) is 8.78 Å². The minimum absolute atomic E-state index is 0.152. The Hall–Kier alpha value is -3.02. The minimum atomic E-state index is -0.678. The number of aromatic nitrogens is 2. The van der Waals surface area contributed by atoms with Crippen LogP contribution < -0.4 is 10.6 Å². The van der Waals surface area contributed by atoms with Crippen LogP contribution in [0.2, 0.25) is 0 Å². The van der Waals surface area contributed by atoms with Crippen LogP contribution >= 0.6 is 0 Å². The van der Waals surface area contributed by atoms with Crippen molar-refractivity contribution in [3.8, 4) is 0 Å². The average molecular weight is 326 g/mol. The molecule has 0 radical (unpaired) electrons. The standard InChI is InChI=1S/C18H16F2N4/c1-12-2-4-13(5-3-12)10-21-17-9-18(23-11-22-17)24-16-7-6-14(19)8-15(16)20/h2-9,11H,10H2,1H3,(H2,21,22,23,24). The molecule has 0 aliphatic rings.